The minimum absolute atomic E-state index is 0.146. The quantitative estimate of drug-likeness (QED) is 0.586. The Morgan fingerprint density at radius 1 is 1.07 bits per heavy atom. The van der Waals surface area contributed by atoms with Gasteiger partial charge in [-0.05, 0) is 43.2 Å². The van der Waals surface area contributed by atoms with Crippen molar-refractivity contribution < 1.29 is 9.21 Å². The lowest BCUT2D eigenvalue weighted by molar-refractivity contribution is -0.131. The molecule has 1 fully saturated rings. The van der Waals surface area contributed by atoms with Gasteiger partial charge < -0.3 is 14.2 Å². The summed E-state index contributed by atoms with van der Waals surface area (Å²) in [6.45, 7) is 7.48. The van der Waals surface area contributed by atoms with Crippen LogP contribution in [0.2, 0.25) is 5.02 Å². The van der Waals surface area contributed by atoms with E-state index in [2.05, 4.69) is 41.9 Å². The van der Waals surface area contributed by atoms with Crippen molar-refractivity contribution in [3.8, 4) is 11.3 Å². The molecule has 0 unspecified atom stereocenters. The van der Waals surface area contributed by atoms with E-state index in [0.717, 1.165) is 31.7 Å². The monoisotopic (exact) mass is 423 g/mol. The molecule has 0 aliphatic carbocycles. The van der Waals surface area contributed by atoms with Gasteiger partial charge in [0.15, 0.2) is 11.7 Å². The molecule has 0 saturated carbocycles. The number of carbonyl (C=O) groups excluding carboxylic acids is 1. The fourth-order valence-electron chi connectivity index (χ4n) is 3.86. The van der Waals surface area contributed by atoms with Crippen molar-refractivity contribution >= 4 is 23.2 Å². The molecule has 6 heteroatoms. The summed E-state index contributed by atoms with van der Waals surface area (Å²) < 4.78 is 5.81. The molecule has 0 N–H and O–H groups in total. The van der Waals surface area contributed by atoms with Crippen molar-refractivity contribution in [2.24, 2.45) is 0 Å². The van der Waals surface area contributed by atoms with Gasteiger partial charge in [0.25, 0.3) is 0 Å². The molecule has 156 valence electrons. The SMILES string of the molecule is Cc1cccc(N2CCN(C(=O)CCc3ncc(-c4ccccc4Cl)o3)CC2)c1C. The molecule has 0 spiro atoms. The van der Waals surface area contributed by atoms with Crippen molar-refractivity contribution in [2.75, 3.05) is 31.1 Å². The maximum Gasteiger partial charge on any atom is 0.223 e. The van der Waals surface area contributed by atoms with E-state index in [1.807, 2.05) is 29.2 Å². The Hall–Kier alpha value is -2.79. The smallest absolute Gasteiger partial charge is 0.223 e. The van der Waals surface area contributed by atoms with Crippen LogP contribution in [0.4, 0.5) is 5.69 Å². The molecule has 0 bridgehead atoms. The van der Waals surface area contributed by atoms with Gasteiger partial charge in [0.1, 0.15) is 0 Å². The Balaban J connectivity index is 1.31. The molecule has 1 aliphatic rings. The largest absolute Gasteiger partial charge is 0.441 e. The molecule has 3 aromatic rings. The number of benzene rings is 2. The highest BCUT2D eigenvalue weighted by atomic mass is 35.5. The Morgan fingerprint density at radius 3 is 2.60 bits per heavy atom. The molecule has 1 aliphatic heterocycles. The maximum atomic E-state index is 12.7. The summed E-state index contributed by atoms with van der Waals surface area (Å²) in [5.74, 6) is 1.34. The van der Waals surface area contributed by atoms with Crippen LogP contribution in [-0.4, -0.2) is 42.0 Å². The van der Waals surface area contributed by atoms with Gasteiger partial charge in [-0.2, -0.15) is 0 Å². The van der Waals surface area contributed by atoms with Crippen LogP contribution in [0.25, 0.3) is 11.3 Å². The molecular weight excluding hydrogens is 398 g/mol. The average Bonchev–Trinajstić information content (AvgIpc) is 3.23. The van der Waals surface area contributed by atoms with Crippen molar-refractivity contribution in [2.45, 2.75) is 26.7 Å². The molecule has 2 heterocycles. The number of rotatable bonds is 5. The highest BCUT2D eigenvalue weighted by Crippen LogP contribution is 2.28. The number of anilines is 1. The van der Waals surface area contributed by atoms with Gasteiger partial charge in [0.05, 0.1) is 11.2 Å². The lowest BCUT2D eigenvalue weighted by atomic mass is 10.1. The Bertz CT molecular complexity index is 1040. The summed E-state index contributed by atoms with van der Waals surface area (Å²) in [5.41, 5.74) is 4.70. The molecule has 1 amide bonds. The lowest BCUT2D eigenvalue weighted by Gasteiger charge is -2.37. The van der Waals surface area contributed by atoms with Crippen LogP contribution in [0.15, 0.2) is 53.1 Å². The van der Waals surface area contributed by atoms with Gasteiger partial charge in [-0.1, -0.05) is 35.9 Å². The number of hydrogen-bond donors (Lipinski definition) is 0. The van der Waals surface area contributed by atoms with E-state index < -0.39 is 0 Å². The third-order valence-corrected chi connectivity index (χ3v) is 6.12. The number of nitrogens with zero attached hydrogens (tertiary/aromatic N) is 3. The summed E-state index contributed by atoms with van der Waals surface area (Å²) in [6.07, 6.45) is 2.55. The summed E-state index contributed by atoms with van der Waals surface area (Å²) in [6, 6.07) is 13.9. The second-order valence-corrected chi connectivity index (χ2v) is 8.09. The molecule has 1 aromatic heterocycles. The number of amides is 1. The Morgan fingerprint density at radius 2 is 1.83 bits per heavy atom. The first-order valence-corrected chi connectivity index (χ1v) is 10.7. The van der Waals surface area contributed by atoms with Gasteiger partial charge in [0.2, 0.25) is 5.91 Å². The molecule has 0 atom stereocenters. The summed E-state index contributed by atoms with van der Waals surface area (Å²) in [4.78, 5) is 21.3. The van der Waals surface area contributed by atoms with Crippen LogP contribution in [0.1, 0.15) is 23.4 Å². The first-order valence-electron chi connectivity index (χ1n) is 10.3. The van der Waals surface area contributed by atoms with Crippen LogP contribution in [0.3, 0.4) is 0 Å². The summed E-state index contributed by atoms with van der Waals surface area (Å²) in [7, 11) is 0. The van der Waals surface area contributed by atoms with E-state index in [9.17, 15) is 4.79 Å². The van der Waals surface area contributed by atoms with E-state index in [0.29, 0.717) is 29.5 Å². The molecule has 2 aromatic carbocycles. The van der Waals surface area contributed by atoms with E-state index >= 15 is 0 Å². The normalized spacial score (nSPS) is 14.2. The van der Waals surface area contributed by atoms with Gasteiger partial charge in [-0.3, -0.25) is 4.79 Å². The molecule has 4 rings (SSSR count). The van der Waals surface area contributed by atoms with Crippen LogP contribution in [-0.2, 0) is 11.2 Å². The zero-order valence-electron chi connectivity index (χ0n) is 17.4. The molecule has 5 nitrogen and oxygen atoms in total. The minimum atomic E-state index is 0.146. The number of halogens is 1. The Kier molecular flexibility index (Phi) is 6.09. The van der Waals surface area contributed by atoms with E-state index in [-0.39, 0.29) is 5.91 Å². The number of piperazine rings is 1. The predicted octanol–water partition coefficient (Wildman–Crippen LogP) is 4.89. The highest BCUT2D eigenvalue weighted by molar-refractivity contribution is 6.33. The van der Waals surface area contributed by atoms with Crippen LogP contribution in [0, 0.1) is 13.8 Å². The first-order chi connectivity index (χ1) is 14.5. The summed E-state index contributed by atoms with van der Waals surface area (Å²) >= 11 is 6.22. The van der Waals surface area contributed by atoms with Gasteiger partial charge in [0, 0.05) is 50.3 Å². The molecule has 1 saturated heterocycles. The lowest BCUT2D eigenvalue weighted by Crippen LogP contribution is -2.49. The van der Waals surface area contributed by atoms with Gasteiger partial charge >= 0.3 is 0 Å². The maximum absolute atomic E-state index is 12.7. The van der Waals surface area contributed by atoms with Crippen molar-refractivity contribution in [1.82, 2.24) is 9.88 Å². The second kappa shape index (κ2) is 8.92. The van der Waals surface area contributed by atoms with E-state index in [1.165, 1.54) is 16.8 Å². The van der Waals surface area contributed by atoms with Gasteiger partial charge in [-0.25, -0.2) is 4.98 Å². The fraction of sp³-hybridized carbons (Fsp3) is 0.333. The van der Waals surface area contributed by atoms with Crippen LogP contribution < -0.4 is 4.90 Å². The average molecular weight is 424 g/mol. The van der Waals surface area contributed by atoms with Crippen LogP contribution in [0.5, 0.6) is 0 Å². The third kappa shape index (κ3) is 4.36. The molecular formula is C24H26ClN3O2. The minimum Gasteiger partial charge on any atom is -0.441 e. The highest BCUT2D eigenvalue weighted by Gasteiger charge is 2.22. The summed E-state index contributed by atoms with van der Waals surface area (Å²) in [5, 5.41) is 0.623. The number of aromatic nitrogens is 1. The number of hydrogen-bond acceptors (Lipinski definition) is 4. The standard InChI is InChI=1S/C24H26ClN3O2/c1-17-6-5-9-21(18(17)2)27-12-14-28(15-13-27)24(29)11-10-23-26-16-22(30-23)19-7-3-4-8-20(19)25/h3-9,16H,10-15H2,1-2H3. The molecule has 0 radical (unpaired) electrons. The fourth-order valence-corrected chi connectivity index (χ4v) is 4.09. The second-order valence-electron chi connectivity index (χ2n) is 7.68. The number of carbonyl (C=O) groups is 1. The first kappa shape index (κ1) is 20.5. The predicted molar refractivity (Wildman–Crippen MR) is 120 cm³/mol. The number of aryl methyl sites for hydroxylation is 2. The van der Waals surface area contributed by atoms with Crippen LogP contribution >= 0.6 is 11.6 Å². The van der Waals surface area contributed by atoms with E-state index in [4.69, 9.17) is 16.0 Å². The van der Waals surface area contributed by atoms with Crippen molar-refractivity contribution in [3.63, 3.8) is 0 Å². The zero-order chi connectivity index (χ0) is 21.1. The number of oxazole rings is 1. The molecule has 30 heavy (non-hydrogen) atoms. The third-order valence-electron chi connectivity index (χ3n) is 5.79. The Labute approximate surface area is 182 Å². The van der Waals surface area contributed by atoms with Gasteiger partial charge in [-0.15, -0.1) is 0 Å². The van der Waals surface area contributed by atoms with E-state index in [1.54, 1.807) is 6.20 Å². The topological polar surface area (TPSA) is 49.6 Å². The van der Waals surface area contributed by atoms with Crippen molar-refractivity contribution in [3.05, 3.63) is 70.7 Å². The van der Waals surface area contributed by atoms with Crippen molar-refractivity contribution in [1.29, 1.82) is 0 Å². The zero-order valence-corrected chi connectivity index (χ0v) is 18.2.